The highest BCUT2D eigenvalue weighted by Gasteiger charge is 2.06. The number of hydrogen-bond acceptors (Lipinski definition) is 4. The minimum absolute atomic E-state index is 0.0585. The zero-order chi connectivity index (χ0) is 16.4. The number of nitrogens with one attached hydrogen (secondary N) is 2. The molecule has 0 aliphatic carbocycles. The fraction of sp³-hybridized carbons (Fsp3) is 0.438. The van der Waals surface area contributed by atoms with Crippen LogP contribution in [0.4, 0.5) is 5.69 Å². The molecule has 0 saturated heterocycles. The zero-order valence-corrected chi connectivity index (χ0v) is 15.0. The van der Waals surface area contributed by atoms with Gasteiger partial charge in [0.2, 0.25) is 5.91 Å². The van der Waals surface area contributed by atoms with Gasteiger partial charge in [0.05, 0.1) is 0 Å². The van der Waals surface area contributed by atoms with Crippen LogP contribution in [0.25, 0.3) is 0 Å². The Balaban J connectivity index is 2.36. The van der Waals surface area contributed by atoms with Crippen molar-refractivity contribution in [3.05, 3.63) is 34.4 Å². The Kier molecular flexibility index (Phi) is 9.10. The van der Waals surface area contributed by atoms with Crippen molar-refractivity contribution in [1.29, 1.82) is 0 Å². The topological polar surface area (TPSA) is 70.6 Å². The third kappa shape index (κ3) is 8.35. The molecule has 0 aromatic heterocycles. The van der Waals surface area contributed by atoms with Crippen molar-refractivity contribution in [3.63, 3.8) is 0 Å². The predicted octanol–water partition coefficient (Wildman–Crippen LogP) is 2.70. The van der Waals surface area contributed by atoms with Gasteiger partial charge in [0.1, 0.15) is 18.5 Å². The number of halogens is 1. The highest BCUT2D eigenvalue weighted by molar-refractivity contribution is 14.1. The van der Waals surface area contributed by atoms with Gasteiger partial charge in [-0.1, -0.05) is 42.5 Å². The Morgan fingerprint density at radius 3 is 2.64 bits per heavy atom. The van der Waals surface area contributed by atoms with Gasteiger partial charge >= 0.3 is 0 Å². The molecule has 122 valence electrons. The van der Waals surface area contributed by atoms with E-state index in [-0.39, 0.29) is 12.5 Å². The molecule has 1 aromatic rings. The van der Waals surface area contributed by atoms with Crippen LogP contribution < -0.4 is 15.4 Å². The summed E-state index contributed by atoms with van der Waals surface area (Å²) in [5.41, 5.74) is 0.723. The maximum Gasteiger partial charge on any atom is 0.228 e. The maximum absolute atomic E-state index is 11.6. The molecule has 1 amide bonds. The van der Waals surface area contributed by atoms with Gasteiger partial charge in [-0.15, -0.1) is 0 Å². The quantitative estimate of drug-likeness (QED) is 0.540. The van der Waals surface area contributed by atoms with Crippen LogP contribution in [-0.2, 0) is 4.79 Å². The Hall–Kier alpha value is -1.12. The average molecular weight is 418 g/mol. The highest BCUT2D eigenvalue weighted by atomic mass is 127. The lowest BCUT2D eigenvalue weighted by molar-refractivity contribution is -0.115. The number of benzene rings is 1. The van der Waals surface area contributed by atoms with Gasteiger partial charge in [-0.05, 0) is 28.3 Å². The molecule has 22 heavy (non-hydrogen) atoms. The van der Waals surface area contributed by atoms with Gasteiger partial charge in [0.15, 0.2) is 0 Å². The second kappa shape index (κ2) is 10.6. The van der Waals surface area contributed by atoms with Gasteiger partial charge in [-0.2, -0.15) is 0 Å². The van der Waals surface area contributed by atoms with Crippen molar-refractivity contribution in [1.82, 2.24) is 5.32 Å². The highest BCUT2D eigenvalue weighted by Crippen LogP contribution is 2.16. The standard InChI is InChI=1S/C16H23IN2O3/c1-12(2)18-10-14(20)11-22-15-7-5-13(6-8-15)19-16(21)4-3-9-17/h3,5-9,12,14,18,20H,4,10-11H2,1-2H3,(H,19,21). The van der Waals surface area contributed by atoms with Crippen LogP contribution in [0.3, 0.4) is 0 Å². The molecule has 0 radical (unpaired) electrons. The van der Waals surface area contributed by atoms with E-state index in [4.69, 9.17) is 4.74 Å². The van der Waals surface area contributed by atoms with E-state index in [1.54, 1.807) is 30.3 Å². The van der Waals surface area contributed by atoms with Crippen LogP contribution in [0.15, 0.2) is 34.4 Å². The predicted molar refractivity (Wildman–Crippen MR) is 97.5 cm³/mol. The van der Waals surface area contributed by atoms with Crippen LogP contribution in [-0.4, -0.2) is 36.3 Å². The van der Waals surface area contributed by atoms with E-state index in [0.29, 0.717) is 24.8 Å². The van der Waals surface area contributed by atoms with Gasteiger partial charge < -0.3 is 20.5 Å². The van der Waals surface area contributed by atoms with E-state index in [0.717, 1.165) is 5.69 Å². The summed E-state index contributed by atoms with van der Waals surface area (Å²) < 4.78 is 7.32. The lowest BCUT2D eigenvalue weighted by Crippen LogP contribution is -2.35. The minimum Gasteiger partial charge on any atom is -0.491 e. The van der Waals surface area contributed by atoms with Crippen LogP contribution >= 0.6 is 22.6 Å². The largest absolute Gasteiger partial charge is 0.491 e. The Labute approximate surface area is 145 Å². The number of ether oxygens (including phenoxy) is 1. The maximum atomic E-state index is 11.6. The number of anilines is 1. The fourth-order valence-electron chi connectivity index (χ4n) is 1.62. The molecule has 0 spiro atoms. The lowest BCUT2D eigenvalue weighted by Gasteiger charge is -2.15. The number of amides is 1. The number of rotatable bonds is 9. The second-order valence-corrected chi connectivity index (χ2v) is 5.89. The Morgan fingerprint density at radius 1 is 1.36 bits per heavy atom. The van der Waals surface area contributed by atoms with Crippen LogP contribution in [0.2, 0.25) is 0 Å². The summed E-state index contributed by atoms with van der Waals surface area (Å²) in [4.78, 5) is 11.6. The van der Waals surface area contributed by atoms with Crippen molar-refractivity contribution < 1.29 is 14.6 Å². The number of aliphatic hydroxyl groups excluding tert-OH is 1. The average Bonchev–Trinajstić information content (AvgIpc) is 2.50. The van der Waals surface area contributed by atoms with Crippen molar-refractivity contribution in [2.45, 2.75) is 32.4 Å². The monoisotopic (exact) mass is 418 g/mol. The molecule has 6 heteroatoms. The minimum atomic E-state index is -0.554. The van der Waals surface area contributed by atoms with Crippen LogP contribution in [0.1, 0.15) is 20.3 Å². The molecule has 0 heterocycles. The third-order valence-electron chi connectivity index (χ3n) is 2.73. The van der Waals surface area contributed by atoms with E-state index in [9.17, 15) is 9.90 Å². The number of aliphatic hydroxyl groups is 1. The smallest absolute Gasteiger partial charge is 0.228 e. The summed E-state index contributed by atoms with van der Waals surface area (Å²) in [7, 11) is 0. The molecule has 0 aliphatic rings. The van der Waals surface area contributed by atoms with Gasteiger partial charge in [-0.25, -0.2) is 0 Å². The van der Waals surface area contributed by atoms with E-state index < -0.39 is 6.10 Å². The molecule has 5 nitrogen and oxygen atoms in total. The van der Waals surface area contributed by atoms with Crippen molar-refractivity contribution in [2.24, 2.45) is 0 Å². The molecule has 1 aromatic carbocycles. The summed E-state index contributed by atoms with van der Waals surface area (Å²) in [5.74, 6) is 0.602. The molecule has 0 saturated carbocycles. The molecule has 1 unspecified atom stereocenters. The van der Waals surface area contributed by atoms with Crippen molar-refractivity contribution in [3.8, 4) is 5.75 Å². The first kappa shape index (κ1) is 18.9. The van der Waals surface area contributed by atoms with Gasteiger partial charge in [-0.3, -0.25) is 4.79 Å². The molecule has 1 rings (SSSR count). The zero-order valence-electron chi connectivity index (χ0n) is 12.9. The first-order valence-corrected chi connectivity index (χ1v) is 8.45. The number of carbonyl (C=O) groups is 1. The Morgan fingerprint density at radius 2 is 2.05 bits per heavy atom. The second-order valence-electron chi connectivity index (χ2n) is 5.17. The van der Waals surface area contributed by atoms with Crippen molar-refractivity contribution >= 4 is 34.2 Å². The summed E-state index contributed by atoms with van der Waals surface area (Å²) in [5, 5.41) is 15.7. The van der Waals surface area contributed by atoms with E-state index in [2.05, 4.69) is 33.2 Å². The van der Waals surface area contributed by atoms with Gasteiger partial charge in [0.25, 0.3) is 0 Å². The molecule has 0 fully saturated rings. The summed E-state index contributed by atoms with van der Waals surface area (Å²) in [6.45, 7) is 4.77. The third-order valence-corrected chi connectivity index (χ3v) is 3.24. The van der Waals surface area contributed by atoms with Gasteiger partial charge in [0, 0.05) is 24.7 Å². The normalized spacial score (nSPS) is 12.6. The molecule has 0 aliphatic heterocycles. The molecular formula is C16H23IN2O3. The number of carbonyl (C=O) groups excluding carboxylic acids is 1. The SMILES string of the molecule is CC(C)NCC(O)COc1ccc(NC(=O)CC=CI)cc1. The molecule has 1 atom stereocenters. The van der Waals surface area contributed by atoms with E-state index in [1.807, 2.05) is 17.9 Å². The van der Waals surface area contributed by atoms with Crippen LogP contribution in [0.5, 0.6) is 5.75 Å². The fourth-order valence-corrected chi connectivity index (χ4v) is 1.88. The Bertz CT molecular complexity index is 475. The van der Waals surface area contributed by atoms with Crippen molar-refractivity contribution in [2.75, 3.05) is 18.5 Å². The lowest BCUT2D eigenvalue weighted by atomic mass is 10.3. The molecule has 0 bridgehead atoms. The first-order chi connectivity index (χ1) is 10.5. The summed E-state index contributed by atoms with van der Waals surface area (Å²) >= 11 is 2.08. The van der Waals surface area contributed by atoms with Crippen LogP contribution in [0, 0.1) is 0 Å². The summed E-state index contributed by atoms with van der Waals surface area (Å²) in [6, 6.07) is 7.43. The number of hydrogen-bond donors (Lipinski definition) is 3. The molecular weight excluding hydrogens is 395 g/mol. The first-order valence-electron chi connectivity index (χ1n) is 7.20. The van der Waals surface area contributed by atoms with E-state index >= 15 is 0 Å². The molecule has 3 N–H and O–H groups in total. The van der Waals surface area contributed by atoms with E-state index in [1.165, 1.54) is 0 Å². The summed E-state index contributed by atoms with van der Waals surface area (Å²) in [6.07, 6.45) is 1.60.